The quantitative estimate of drug-likeness (QED) is 0.559. The van der Waals surface area contributed by atoms with Crippen molar-refractivity contribution in [2.24, 2.45) is 5.92 Å². The van der Waals surface area contributed by atoms with Crippen molar-refractivity contribution in [1.29, 1.82) is 0 Å². The number of nitrogens with zero attached hydrogens (tertiary/aromatic N) is 1. The summed E-state index contributed by atoms with van der Waals surface area (Å²) in [5.74, 6) is 0.819. The highest BCUT2D eigenvalue weighted by Gasteiger charge is 2.29. The molecule has 0 amide bonds. The van der Waals surface area contributed by atoms with Gasteiger partial charge >= 0.3 is 0 Å². The van der Waals surface area contributed by atoms with Gasteiger partial charge in [-0.3, -0.25) is 0 Å². The Bertz CT molecular complexity index is 197. The Labute approximate surface area is 81.8 Å². The zero-order valence-corrected chi connectivity index (χ0v) is 8.76. The minimum absolute atomic E-state index is 0.819. The van der Waals surface area contributed by atoms with Gasteiger partial charge in [-0.15, -0.1) is 0 Å². The molecule has 0 saturated carbocycles. The van der Waals surface area contributed by atoms with Crippen LogP contribution in [0.3, 0.4) is 0 Å². The SMILES string of the molecule is C=C(C)C1CCN2CCCCC2C1. The monoisotopic (exact) mass is 179 g/mol. The molecule has 2 atom stereocenters. The van der Waals surface area contributed by atoms with Gasteiger partial charge in [-0.1, -0.05) is 18.6 Å². The molecule has 2 rings (SSSR count). The first kappa shape index (κ1) is 9.26. The third kappa shape index (κ3) is 1.96. The molecule has 2 saturated heterocycles. The van der Waals surface area contributed by atoms with E-state index >= 15 is 0 Å². The lowest BCUT2D eigenvalue weighted by atomic mass is 9.83. The summed E-state index contributed by atoms with van der Waals surface area (Å²) in [6, 6.07) is 0.893. The highest BCUT2D eigenvalue weighted by Crippen LogP contribution is 2.32. The minimum Gasteiger partial charge on any atom is -0.300 e. The molecule has 0 aromatic carbocycles. The molecule has 0 N–H and O–H groups in total. The lowest BCUT2D eigenvalue weighted by Gasteiger charge is -2.42. The second-order valence-corrected chi connectivity index (χ2v) is 4.75. The van der Waals surface area contributed by atoms with Crippen LogP contribution < -0.4 is 0 Å². The maximum atomic E-state index is 4.10. The first-order chi connectivity index (χ1) is 6.27. The molecule has 74 valence electrons. The van der Waals surface area contributed by atoms with Crippen LogP contribution in [0.15, 0.2) is 12.2 Å². The lowest BCUT2D eigenvalue weighted by molar-refractivity contribution is 0.0882. The zero-order chi connectivity index (χ0) is 9.26. The summed E-state index contributed by atoms with van der Waals surface area (Å²) < 4.78 is 0. The van der Waals surface area contributed by atoms with E-state index in [9.17, 15) is 0 Å². The number of hydrogen-bond donors (Lipinski definition) is 0. The summed E-state index contributed by atoms with van der Waals surface area (Å²) in [6.07, 6.45) is 7.04. The Morgan fingerprint density at radius 3 is 2.85 bits per heavy atom. The maximum absolute atomic E-state index is 4.10. The van der Waals surface area contributed by atoms with Gasteiger partial charge in [0.05, 0.1) is 0 Å². The van der Waals surface area contributed by atoms with Crippen LogP contribution in [0.25, 0.3) is 0 Å². The van der Waals surface area contributed by atoms with Crippen LogP contribution in [-0.4, -0.2) is 24.0 Å². The van der Waals surface area contributed by atoms with Crippen LogP contribution in [0.5, 0.6) is 0 Å². The molecule has 0 aromatic rings. The summed E-state index contributed by atoms with van der Waals surface area (Å²) in [7, 11) is 0. The van der Waals surface area contributed by atoms with Crippen molar-refractivity contribution in [1.82, 2.24) is 4.90 Å². The predicted octanol–water partition coefficient (Wildman–Crippen LogP) is 2.83. The summed E-state index contributed by atoms with van der Waals surface area (Å²) in [5, 5.41) is 0. The van der Waals surface area contributed by atoms with E-state index in [1.54, 1.807) is 0 Å². The van der Waals surface area contributed by atoms with Crippen molar-refractivity contribution in [3.63, 3.8) is 0 Å². The van der Waals surface area contributed by atoms with E-state index in [-0.39, 0.29) is 0 Å². The lowest BCUT2D eigenvalue weighted by Crippen LogP contribution is -2.45. The van der Waals surface area contributed by atoms with E-state index in [0.29, 0.717) is 0 Å². The molecular weight excluding hydrogens is 158 g/mol. The molecular formula is C12H21N. The van der Waals surface area contributed by atoms with E-state index in [0.717, 1.165) is 12.0 Å². The van der Waals surface area contributed by atoms with E-state index in [2.05, 4.69) is 18.4 Å². The van der Waals surface area contributed by atoms with Crippen molar-refractivity contribution in [2.45, 2.75) is 45.1 Å². The van der Waals surface area contributed by atoms with Gasteiger partial charge in [0.25, 0.3) is 0 Å². The first-order valence-electron chi connectivity index (χ1n) is 5.67. The summed E-state index contributed by atoms with van der Waals surface area (Å²) in [4.78, 5) is 2.70. The van der Waals surface area contributed by atoms with Crippen LogP contribution in [0, 0.1) is 5.92 Å². The highest BCUT2D eigenvalue weighted by molar-refractivity contribution is 5.01. The molecule has 1 heteroatoms. The molecule has 1 nitrogen and oxygen atoms in total. The van der Waals surface area contributed by atoms with Gasteiger partial charge in [-0.2, -0.15) is 0 Å². The molecule has 2 heterocycles. The normalized spacial score (nSPS) is 35.5. The molecule has 13 heavy (non-hydrogen) atoms. The molecule has 2 aliphatic rings. The Balaban J connectivity index is 1.95. The van der Waals surface area contributed by atoms with Crippen molar-refractivity contribution in [3.8, 4) is 0 Å². The van der Waals surface area contributed by atoms with Gasteiger partial charge in [0, 0.05) is 6.04 Å². The number of hydrogen-bond acceptors (Lipinski definition) is 1. The maximum Gasteiger partial charge on any atom is 0.0101 e. The Hall–Kier alpha value is -0.300. The van der Waals surface area contributed by atoms with Crippen molar-refractivity contribution in [3.05, 3.63) is 12.2 Å². The topological polar surface area (TPSA) is 3.24 Å². The van der Waals surface area contributed by atoms with Gasteiger partial charge in [0.15, 0.2) is 0 Å². The standard InChI is InChI=1S/C12H21N/c1-10(2)11-6-8-13-7-4-3-5-12(13)9-11/h11-12H,1,3-9H2,2H3. The second-order valence-electron chi connectivity index (χ2n) is 4.75. The number of piperidine rings is 2. The molecule has 0 aromatic heterocycles. The average Bonchev–Trinajstić information content (AvgIpc) is 2.17. The van der Waals surface area contributed by atoms with Crippen LogP contribution in [0.1, 0.15) is 39.0 Å². The Morgan fingerprint density at radius 2 is 2.08 bits per heavy atom. The first-order valence-corrected chi connectivity index (χ1v) is 5.67. The Morgan fingerprint density at radius 1 is 1.23 bits per heavy atom. The smallest absolute Gasteiger partial charge is 0.0101 e. The predicted molar refractivity (Wildman–Crippen MR) is 56.8 cm³/mol. The summed E-state index contributed by atoms with van der Waals surface area (Å²) in [5.41, 5.74) is 1.41. The van der Waals surface area contributed by atoms with Crippen LogP contribution in [-0.2, 0) is 0 Å². The van der Waals surface area contributed by atoms with Crippen molar-refractivity contribution >= 4 is 0 Å². The zero-order valence-electron chi connectivity index (χ0n) is 8.76. The van der Waals surface area contributed by atoms with E-state index in [1.165, 1.54) is 50.8 Å². The second kappa shape index (κ2) is 3.83. The minimum atomic E-state index is 0.819. The fraction of sp³-hybridized carbons (Fsp3) is 0.833. The molecule has 2 aliphatic heterocycles. The summed E-state index contributed by atoms with van der Waals surface area (Å²) in [6.45, 7) is 8.97. The third-order valence-corrected chi connectivity index (χ3v) is 3.77. The van der Waals surface area contributed by atoms with Crippen molar-refractivity contribution < 1.29 is 0 Å². The van der Waals surface area contributed by atoms with E-state index in [1.807, 2.05) is 0 Å². The third-order valence-electron chi connectivity index (χ3n) is 3.77. The van der Waals surface area contributed by atoms with Crippen molar-refractivity contribution in [2.75, 3.05) is 13.1 Å². The Kier molecular flexibility index (Phi) is 2.73. The molecule has 2 unspecified atom stereocenters. The van der Waals surface area contributed by atoms with Gasteiger partial charge in [0.1, 0.15) is 0 Å². The number of allylic oxidation sites excluding steroid dienone is 1. The van der Waals surface area contributed by atoms with Crippen LogP contribution in [0.4, 0.5) is 0 Å². The van der Waals surface area contributed by atoms with Gasteiger partial charge in [0.2, 0.25) is 0 Å². The average molecular weight is 179 g/mol. The fourth-order valence-corrected chi connectivity index (χ4v) is 2.84. The van der Waals surface area contributed by atoms with Gasteiger partial charge in [-0.05, 0) is 51.6 Å². The fourth-order valence-electron chi connectivity index (χ4n) is 2.84. The van der Waals surface area contributed by atoms with Gasteiger partial charge in [-0.25, -0.2) is 0 Å². The highest BCUT2D eigenvalue weighted by atomic mass is 15.2. The molecule has 2 fully saturated rings. The number of rotatable bonds is 1. The molecule has 0 radical (unpaired) electrons. The number of fused-ring (bicyclic) bond motifs is 1. The summed E-state index contributed by atoms with van der Waals surface area (Å²) >= 11 is 0. The van der Waals surface area contributed by atoms with Crippen LogP contribution in [0.2, 0.25) is 0 Å². The van der Waals surface area contributed by atoms with Crippen LogP contribution >= 0.6 is 0 Å². The molecule has 0 spiro atoms. The largest absolute Gasteiger partial charge is 0.300 e. The van der Waals surface area contributed by atoms with Gasteiger partial charge < -0.3 is 4.90 Å². The molecule has 0 aliphatic carbocycles. The molecule has 0 bridgehead atoms. The van der Waals surface area contributed by atoms with E-state index < -0.39 is 0 Å². The van der Waals surface area contributed by atoms with E-state index in [4.69, 9.17) is 0 Å².